The standard InChI is InChI=1S/C22H38O8Si/c1-13-20(17(10-11-25-13)30-31(8,9)22(5,6)7)29-19-12-18(27-15(3)23)21(14(2)26-19)28-16(4)24/h10-11,13-14,17-21H,12H2,1-9H3/t13-,14-,17-,18-,19-,20+,21+/m0/s1. The molecule has 2 heterocycles. The topological polar surface area (TPSA) is 89.5 Å². The van der Waals surface area contributed by atoms with Crippen molar-refractivity contribution in [2.24, 2.45) is 0 Å². The molecule has 0 spiro atoms. The van der Waals surface area contributed by atoms with Gasteiger partial charge in [0.25, 0.3) is 0 Å². The van der Waals surface area contributed by atoms with Gasteiger partial charge in [0.05, 0.1) is 18.5 Å². The summed E-state index contributed by atoms with van der Waals surface area (Å²) in [6, 6.07) is 0. The summed E-state index contributed by atoms with van der Waals surface area (Å²) in [5.74, 6) is -0.911. The minimum atomic E-state index is -2.06. The molecule has 0 aromatic rings. The maximum Gasteiger partial charge on any atom is 0.303 e. The van der Waals surface area contributed by atoms with E-state index >= 15 is 0 Å². The number of carbonyl (C=O) groups excluding carboxylic acids is 2. The first-order valence-electron chi connectivity index (χ1n) is 10.9. The Morgan fingerprint density at radius 3 is 2.16 bits per heavy atom. The van der Waals surface area contributed by atoms with Gasteiger partial charge >= 0.3 is 11.9 Å². The van der Waals surface area contributed by atoms with Crippen molar-refractivity contribution in [3.63, 3.8) is 0 Å². The van der Waals surface area contributed by atoms with E-state index in [1.807, 2.05) is 13.0 Å². The maximum absolute atomic E-state index is 11.6. The summed E-state index contributed by atoms with van der Waals surface area (Å²) in [6.07, 6.45) is 0.292. The summed E-state index contributed by atoms with van der Waals surface area (Å²) in [5.41, 5.74) is 0. The van der Waals surface area contributed by atoms with Crippen molar-refractivity contribution < 1.29 is 37.7 Å². The van der Waals surface area contributed by atoms with Crippen LogP contribution in [0.4, 0.5) is 0 Å². The molecule has 0 bridgehead atoms. The van der Waals surface area contributed by atoms with Crippen LogP contribution in [-0.2, 0) is 37.7 Å². The molecule has 2 rings (SSSR count). The van der Waals surface area contributed by atoms with Gasteiger partial charge in [0.15, 0.2) is 20.7 Å². The lowest BCUT2D eigenvalue weighted by Gasteiger charge is -2.45. The summed E-state index contributed by atoms with van der Waals surface area (Å²) in [5, 5.41) is 0.0421. The first-order valence-corrected chi connectivity index (χ1v) is 13.8. The highest BCUT2D eigenvalue weighted by atomic mass is 28.4. The minimum absolute atomic E-state index is 0.0421. The molecule has 1 fully saturated rings. The Morgan fingerprint density at radius 2 is 1.61 bits per heavy atom. The van der Waals surface area contributed by atoms with Crippen LogP contribution in [0.5, 0.6) is 0 Å². The van der Waals surface area contributed by atoms with Crippen LogP contribution in [0, 0.1) is 0 Å². The highest BCUT2D eigenvalue weighted by Crippen LogP contribution is 2.39. The van der Waals surface area contributed by atoms with Gasteiger partial charge in [-0.2, -0.15) is 0 Å². The normalized spacial score (nSPS) is 34.0. The molecule has 0 radical (unpaired) electrons. The monoisotopic (exact) mass is 458 g/mol. The molecule has 2 aliphatic heterocycles. The van der Waals surface area contributed by atoms with E-state index in [1.54, 1.807) is 13.2 Å². The van der Waals surface area contributed by atoms with Gasteiger partial charge in [0.2, 0.25) is 0 Å². The van der Waals surface area contributed by atoms with E-state index in [-0.39, 0.29) is 23.7 Å². The summed E-state index contributed by atoms with van der Waals surface area (Å²) in [6.45, 7) is 17.3. The summed E-state index contributed by atoms with van der Waals surface area (Å²) < 4.78 is 35.4. The molecule has 31 heavy (non-hydrogen) atoms. The highest BCUT2D eigenvalue weighted by Gasteiger charge is 2.46. The average Bonchev–Trinajstić information content (AvgIpc) is 2.59. The molecule has 0 amide bonds. The number of esters is 2. The van der Waals surface area contributed by atoms with Crippen molar-refractivity contribution in [2.75, 3.05) is 0 Å². The highest BCUT2D eigenvalue weighted by molar-refractivity contribution is 6.74. The molecule has 0 aromatic heterocycles. The fraction of sp³-hybridized carbons (Fsp3) is 0.818. The van der Waals surface area contributed by atoms with Gasteiger partial charge < -0.3 is 28.1 Å². The minimum Gasteiger partial charge on any atom is -0.496 e. The molecule has 1 saturated heterocycles. The third-order valence-corrected chi connectivity index (χ3v) is 10.6. The third-order valence-electron chi connectivity index (χ3n) is 6.13. The molecule has 7 atom stereocenters. The second-order valence-electron chi connectivity index (χ2n) is 9.84. The van der Waals surface area contributed by atoms with E-state index in [1.165, 1.54) is 13.8 Å². The van der Waals surface area contributed by atoms with E-state index in [2.05, 4.69) is 33.9 Å². The molecule has 0 aromatic carbocycles. The fourth-order valence-electron chi connectivity index (χ4n) is 3.47. The first kappa shape index (κ1) is 25.8. The molecular weight excluding hydrogens is 420 g/mol. The van der Waals surface area contributed by atoms with Crippen molar-refractivity contribution in [2.45, 2.75) is 116 Å². The number of hydrogen-bond acceptors (Lipinski definition) is 8. The number of carbonyl (C=O) groups is 2. The largest absolute Gasteiger partial charge is 0.496 e. The number of hydrogen-bond donors (Lipinski definition) is 0. The van der Waals surface area contributed by atoms with Crippen molar-refractivity contribution in [1.29, 1.82) is 0 Å². The molecular formula is C22H38O8Si. The van der Waals surface area contributed by atoms with Crippen LogP contribution in [0.2, 0.25) is 18.1 Å². The van der Waals surface area contributed by atoms with Crippen molar-refractivity contribution in [3.05, 3.63) is 12.3 Å². The van der Waals surface area contributed by atoms with E-state index < -0.39 is 51.0 Å². The summed E-state index contributed by atoms with van der Waals surface area (Å²) in [7, 11) is -2.06. The summed E-state index contributed by atoms with van der Waals surface area (Å²) >= 11 is 0. The fourth-order valence-corrected chi connectivity index (χ4v) is 4.71. The predicted molar refractivity (Wildman–Crippen MR) is 117 cm³/mol. The lowest BCUT2D eigenvalue weighted by molar-refractivity contribution is -0.281. The Balaban J connectivity index is 2.16. The van der Waals surface area contributed by atoms with Crippen molar-refractivity contribution in [1.82, 2.24) is 0 Å². The van der Waals surface area contributed by atoms with Crippen LogP contribution in [0.25, 0.3) is 0 Å². The van der Waals surface area contributed by atoms with Crippen LogP contribution >= 0.6 is 0 Å². The Morgan fingerprint density at radius 1 is 1.00 bits per heavy atom. The molecule has 0 aliphatic carbocycles. The third kappa shape index (κ3) is 6.78. The zero-order valence-electron chi connectivity index (χ0n) is 20.2. The number of ether oxygens (including phenoxy) is 5. The lowest BCUT2D eigenvalue weighted by Crippen LogP contribution is -2.55. The second-order valence-corrected chi connectivity index (χ2v) is 14.6. The number of rotatable bonds is 6. The second kappa shape index (κ2) is 10.0. The van der Waals surface area contributed by atoms with Crippen LogP contribution < -0.4 is 0 Å². The Labute approximate surface area is 186 Å². The van der Waals surface area contributed by atoms with Crippen molar-refractivity contribution in [3.8, 4) is 0 Å². The predicted octanol–water partition coefficient (Wildman–Crippen LogP) is 3.69. The van der Waals surface area contributed by atoms with Gasteiger partial charge in [-0.05, 0) is 38.1 Å². The Kier molecular flexibility index (Phi) is 8.35. The zero-order valence-corrected chi connectivity index (χ0v) is 21.2. The van der Waals surface area contributed by atoms with Crippen LogP contribution in [0.3, 0.4) is 0 Å². The molecule has 9 heteroatoms. The molecule has 0 N–H and O–H groups in total. The molecule has 0 unspecified atom stereocenters. The van der Waals surface area contributed by atoms with Gasteiger partial charge in [0.1, 0.15) is 18.3 Å². The van der Waals surface area contributed by atoms with E-state index in [4.69, 9.17) is 28.1 Å². The smallest absolute Gasteiger partial charge is 0.303 e. The van der Waals surface area contributed by atoms with Crippen LogP contribution in [0.1, 0.15) is 54.9 Å². The zero-order chi connectivity index (χ0) is 23.6. The lowest BCUT2D eigenvalue weighted by atomic mass is 10.0. The molecule has 178 valence electrons. The van der Waals surface area contributed by atoms with Gasteiger partial charge in [-0.25, -0.2) is 0 Å². The van der Waals surface area contributed by atoms with Gasteiger partial charge in [-0.3, -0.25) is 9.59 Å². The van der Waals surface area contributed by atoms with Crippen LogP contribution in [0.15, 0.2) is 12.3 Å². The Bertz CT molecular complexity index is 671. The van der Waals surface area contributed by atoms with Crippen molar-refractivity contribution >= 4 is 20.3 Å². The Hall–Kier alpha value is -1.42. The first-order chi connectivity index (χ1) is 14.2. The summed E-state index contributed by atoms with van der Waals surface area (Å²) in [4.78, 5) is 23.1. The SMILES string of the molecule is CC(=O)O[C@@H]1[C@H](C)O[C@@H](O[C@@H]2[C@H](C)OC=C[C@@H]2O[Si](C)(C)C(C)(C)C)C[C@@H]1OC(C)=O. The van der Waals surface area contributed by atoms with E-state index in [9.17, 15) is 9.59 Å². The molecule has 0 saturated carbocycles. The molecule has 2 aliphatic rings. The van der Waals surface area contributed by atoms with Gasteiger partial charge in [0, 0.05) is 20.3 Å². The molecule has 8 nitrogen and oxygen atoms in total. The van der Waals surface area contributed by atoms with E-state index in [0.717, 1.165) is 0 Å². The van der Waals surface area contributed by atoms with E-state index in [0.29, 0.717) is 0 Å². The maximum atomic E-state index is 11.6. The van der Waals surface area contributed by atoms with Gasteiger partial charge in [-0.1, -0.05) is 20.8 Å². The average molecular weight is 459 g/mol. The quantitative estimate of drug-likeness (QED) is 0.440. The van der Waals surface area contributed by atoms with Gasteiger partial charge in [-0.15, -0.1) is 0 Å². The van der Waals surface area contributed by atoms with Crippen LogP contribution in [-0.4, -0.2) is 63.2 Å².